The third kappa shape index (κ3) is 5.16. The average Bonchev–Trinajstić information content (AvgIpc) is 2.27. The highest BCUT2D eigenvalue weighted by Gasteiger charge is 2.09. The molecule has 0 saturated carbocycles. The first kappa shape index (κ1) is 15.1. The molecule has 0 atom stereocenters. The number of sulfonamides is 1. The Hall–Kier alpha value is -0.920. The molecule has 8 heteroatoms. The number of halogens is 1. The van der Waals surface area contributed by atoms with Gasteiger partial charge in [-0.25, -0.2) is 23.5 Å². The molecule has 1 heterocycles. The largest absolute Gasteiger partial charge is 0.370 e. The fourth-order valence-corrected chi connectivity index (χ4v) is 2.27. The Bertz CT molecular complexity index is 493. The molecule has 0 fully saturated rings. The summed E-state index contributed by atoms with van der Waals surface area (Å²) in [6.07, 6.45) is 3.51. The van der Waals surface area contributed by atoms with Crippen LogP contribution in [-0.4, -0.2) is 30.7 Å². The number of rotatable bonds is 7. The molecule has 0 saturated heterocycles. The second-order valence-electron chi connectivity index (χ2n) is 3.89. The second-order valence-corrected chi connectivity index (χ2v) is 5.98. The highest BCUT2D eigenvalue weighted by Crippen LogP contribution is 2.21. The minimum Gasteiger partial charge on any atom is -0.370 e. The van der Waals surface area contributed by atoms with Gasteiger partial charge in [0.2, 0.25) is 10.0 Å². The summed E-state index contributed by atoms with van der Waals surface area (Å²) in [5.41, 5.74) is 0.859. The number of hydrogen-bond acceptors (Lipinski definition) is 5. The number of aromatic nitrogens is 2. The second kappa shape index (κ2) is 6.86. The lowest BCUT2D eigenvalue weighted by Gasteiger charge is -2.10. The number of nitrogens with two attached hydrogens (primary N) is 1. The zero-order chi connectivity index (χ0) is 13.6. The molecule has 1 aromatic rings. The van der Waals surface area contributed by atoms with Gasteiger partial charge in [-0.3, -0.25) is 0 Å². The molecule has 102 valence electrons. The first-order valence-corrected chi connectivity index (χ1v) is 7.77. The molecule has 18 heavy (non-hydrogen) atoms. The van der Waals surface area contributed by atoms with Crippen molar-refractivity contribution in [3.8, 4) is 0 Å². The molecule has 0 bridgehead atoms. The lowest BCUT2D eigenvalue weighted by molar-refractivity contribution is 0.595. The fraction of sp³-hybridized carbons (Fsp3) is 0.600. The topological polar surface area (TPSA) is 98.0 Å². The predicted octanol–water partition coefficient (Wildman–Crippen LogP) is 1.17. The Morgan fingerprint density at radius 2 is 2.17 bits per heavy atom. The van der Waals surface area contributed by atoms with E-state index in [0.717, 1.165) is 18.4 Å². The molecule has 0 aliphatic rings. The van der Waals surface area contributed by atoms with E-state index >= 15 is 0 Å². The molecule has 0 aromatic carbocycles. The van der Waals surface area contributed by atoms with Crippen molar-refractivity contribution < 1.29 is 8.42 Å². The van der Waals surface area contributed by atoms with Gasteiger partial charge in [-0.15, -0.1) is 0 Å². The molecule has 3 N–H and O–H groups in total. The van der Waals surface area contributed by atoms with Gasteiger partial charge in [-0.2, -0.15) is 0 Å². The summed E-state index contributed by atoms with van der Waals surface area (Å²) in [5.74, 6) is 0.605. The van der Waals surface area contributed by atoms with Crippen LogP contribution in [0.15, 0.2) is 6.33 Å². The van der Waals surface area contributed by atoms with Crippen LogP contribution in [0.3, 0.4) is 0 Å². The van der Waals surface area contributed by atoms with E-state index in [1.165, 1.54) is 6.33 Å². The van der Waals surface area contributed by atoms with Crippen molar-refractivity contribution in [1.29, 1.82) is 0 Å². The lowest BCUT2D eigenvalue weighted by Crippen LogP contribution is -2.19. The van der Waals surface area contributed by atoms with Crippen LogP contribution in [0.4, 0.5) is 5.82 Å². The van der Waals surface area contributed by atoms with Crippen LogP contribution in [0.1, 0.15) is 25.3 Å². The van der Waals surface area contributed by atoms with Crippen LogP contribution >= 0.6 is 11.6 Å². The molecule has 0 aliphatic carbocycles. The van der Waals surface area contributed by atoms with E-state index in [2.05, 4.69) is 15.3 Å². The van der Waals surface area contributed by atoms with E-state index < -0.39 is 10.0 Å². The SMILES string of the molecule is CCCc1c(Cl)ncnc1NCCCS(N)(=O)=O. The number of nitrogens with zero attached hydrogens (tertiary/aromatic N) is 2. The maximum Gasteiger partial charge on any atom is 0.209 e. The number of primary sulfonamides is 1. The summed E-state index contributed by atoms with van der Waals surface area (Å²) in [6, 6.07) is 0. The molecule has 1 aromatic heterocycles. The third-order valence-corrected chi connectivity index (χ3v) is 3.47. The smallest absolute Gasteiger partial charge is 0.209 e. The van der Waals surface area contributed by atoms with Crippen LogP contribution < -0.4 is 10.5 Å². The Morgan fingerprint density at radius 3 is 2.78 bits per heavy atom. The third-order valence-electron chi connectivity index (χ3n) is 2.29. The van der Waals surface area contributed by atoms with Crippen molar-refractivity contribution in [2.24, 2.45) is 5.14 Å². The van der Waals surface area contributed by atoms with Crippen molar-refractivity contribution in [2.45, 2.75) is 26.2 Å². The van der Waals surface area contributed by atoms with Crippen LogP contribution in [0.2, 0.25) is 5.15 Å². The minimum absolute atomic E-state index is 0.0536. The summed E-state index contributed by atoms with van der Waals surface area (Å²) in [5, 5.41) is 8.40. The van der Waals surface area contributed by atoms with Crippen LogP contribution in [0.5, 0.6) is 0 Å². The first-order chi connectivity index (χ1) is 8.44. The summed E-state index contributed by atoms with van der Waals surface area (Å²) in [6.45, 7) is 2.51. The van der Waals surface area contributed by atoms with Gasteiger partial charge in [-0.05, 0) is 12.8 Å². The standard InChI is InChI=1S/C10H17ClN4O2S/c1-2-4-8-9(11)14-7-15-10(8)13-5-3-6-18(12,16)17/h7H,2-6H2,1H3,(H2,12,16,17)(H,13,14,15). The molecule has 0 amide bonds. The lowest BCUT2D eigenvalue weighted by atomic mass is 10.2. The van der Waals surface area contributed by atoms with Gasteiger partial charge >= 0.3 is 0 Å². The van der Waals surface area contributed by atoms with E-state index in [1.807, 2.05) is 6.92 Å². The molecule has 0 unspecified atom stereocenters. The number of anilines is 1. The van der Waals surface area contributed by atoms with E-state index in [9.17, 15) is 8.42 Å². The van der Waals surface area contributed by atoms with E-state index in [1.54, 1.807) is 0 Å². The zero-order valence-electron chi connectivity index (χ0n) is 10.2. The summed E-state index contributed by atoms with van der Waals surface area (Å²) < 4.78 is 21.5. The van der Waals surface area contributed by atoms with Crippen molar-refractivity contribution in [2.75, 3.05) is 17.6 Å². The Balaban J connectivity index is 2.59. The summed E-state index contributed by atoms with van der Waals surface area (Å²) >= 11 is 5.99. The zero-order valence-corrected chi connectivity index (χ0v) is 11.8. The average molecular weight is 293 g/mol. The van der Waals surface area contributed by atoms with Gasteiger partial charge < -0.3 is 5.32 Å². The van der Waals surface area contributed by atoms with E-state index in [0.29, 0.717) is 23.9 Å². The Morgan fingerprint density at radius 1 is 1.44 bits per heavy atom. The van der Waals surface area contributed by atoms with Gasteiger partial charge in [0, 0.05) is 12.1 Å². The Kier molecular flexibility index (Phi) is 5.77. The molecule has 0 spiro atoms. The summed E-state index contributed by atoms with van der Waals surface area (Å²) in [4.78, 5) is 8.03. The number of hydrogen-bond donors (Lipinski definition) is 2. The maximum absolute atomic E-state index is 10.8. The molecule has 6 nitrogen and oxygen atoms in total. The summed E-state index contributed by atoms with van der Waals surface area (Å²) in [7, 11) is -3.41. The molecule has 0 radical (unpaired) electrons. The van der Waals surface area contributed by atoms with Crippen LogP contribution in [-0.2, 0) is 16.4 Å². The first-order valence-electron chi connectivity index (χ1n) is 5.67. The van der Waals surface area contributed by atoms with Crippen LogP contribution in [0.25, 0.3) is 0 Å². The highest BCUT2D eigenvalue weighted by atomic mass is 35.5. The van der Waals surface area contributed by atoms with Gasteiger partial charge in [0.1, 0.15) is 17.3 Å². The predicted molar refractivity (Wildman–Crippen MR) is 72.1 cm³/mol. The maximum atomic E-state index is 10.8. The number of nitrogens with one attached hydrogen (secondary N) is 1. The molecule has 0 aliphatic heterocycles. The van der Waals surface area contributed by atoms with Crippen molar-refractivity contribution >= 4 is 27.4 Å². The van der Waals surface area contributed by atoms with Crippen molar-refractivity contribution in [3.05, 3.63) is 17.0 Å². The van der Waals surface area contributed by atoms with Gasteiger partial charge in [0.15, 0.2) is 0 Å². The highest BCUT2D eigenvalue weighted by molar-refractivity contribution is 7.89. The molecular weight excluding hydrogens is 276 g/mol. The van der Waals surface area contributed by atoms with Crippen molar-refractivity contribution in [3.63, 3.8) is 0 Å². The monoisotopic (exact) mass is 292 g/mol. The normalized spacial score (nSPS) is 11.5. The van der Waals surface area contributed by atoms with Gasteiger partial charge in [0.05, 0.1) is 5.75 Å². The molecular formula is C10H17ClN4O2S. The quantitative estimate of drug-likeness (QED) is 0.581. The van der Waals surface area contributed by atoms with E-state index in [-0.39, 0.29) is 5.75 Å². The van der Waals surface area contributed by atoms with Crippen LogP contribution in [0, 0.1) is 0 Å². The van der Waals surface area contributed by atoms with E-state index in [4.69, 9.17) is 16.7 Å². The molecule has 1 rings (SSSR count). The Labute approximate surface area is 112 Å². The fourth-order valence-electron chi connectivity index (χ4n) is 1.49. The van der Waals surface area contributed by atoms with Gasteiger partial charge in [-0.1, -0.05) is 24.9 Å². The van der Waals surface area contributed by atoms with Gasteiger partial charge in [0.25, 0.3) is 0 Å². The minimum atomic E-state index is -3.41. The van der Waals surface area contributed by atoms with Crippen molar-refractivity contribution in [1.82, 2.24) is 9.97 Å².